The first-order chi connectivity index (χ1) is 11.8. The van der Waals surface area contributed by atoms with E-state index < -0.39 is 23.7 Å². The summed E-state index contributed by atoms with van der Waals surface area (Å²) in [6, 6.07) is 13.4. The second-order valence-corrected chi connectivity index (χ2v) is 6.16. The molecule has 2 aromatic carbocycles. The normalized spacial score (nSPS) is 11.4. The van der Waals surface area contributed by atoms with E-state index >= 15 is 0 Å². The number of nitrogens with zero attached hydrogens (tertiary/aromatic N) is 1. The Morgan fingerprint density at radius 2 is 1.32 bits per heavy atom. The predicted molar refractivity (Wildman–Crippen MR) is 95.9 cm³/mol. The molecule has 0 aliphatic rings. The maximum absolute atomic E-state index is 12.4. The van der Waals surface area contributed by atoms with E-state index in [4.69, 9.17) is 28.3 Å². The molecule has 0 fully saturated rings. The Labute approximate surface area is 154 Å². The van der Waals surface area contributed by atoms with Gasteiger partial charge in [-0.25, -0.2) is 4.79 Å². The summed E-state index contributed by atoms with van der Waals surface area (Å²) in [4.78, 5) is 24.4. The van der Waals surface area contributed by atoms with Crippen molar-refractivity contribution in [3.8, 4) is 0 Å². The molecule has 0 bridgehead atoms. The lowest BCUT2D eigenvalue weighted by atomic mass is 9.97. The molecule has 0 saturated carbocycles. The Bertz CT molecular complexity index is 755. The number of hydrogen-bond acceptors (Lipinski definition) is 3. The number of aliphatic hydroxyl groups is 1. The summed E-state index contributed by atoms with van der Waals surface area (Å²) in [6.45, 7) is 0. The van der Waals surface area contributed by atoms with Gasteiger partial charge in [0.25, 0.3) is 5.91 Å². The highest BCUT2D eigenvalue weighted by molar-refractivity contribution is 6.30. The molecule has 7 heteroatoms. The van der Waals surface area contributed by atoms with E-state index in [0.29, 0.717) is 16.1 Å². The van der Waals surface area contributed by atoms with Crippen LogP contribution in [-0.4, -0.2) is 34.0 Å². The lowest BCUT2D eigenvalue weighted by molar-refractivity contribution is -0.136. The average Bonchev–Trinajstić information content (AvgIpc) is 2.58. The van der Waals surface area contributed by atoms with Crippen LogP contribution in [0.2, 0.25) is 10.0 Å². The van der Waals surface area contributed by atoms with Gasteiger partial charge in [-0.05, 0) is 35.4 Å². The highest BCUT2D eigenvalue weighted by atomic mass is 35.5. The van der Waals surface area contributed by atoms with Gasteiger partial charge in [0.05, 0.1) is 12.1 Å². The van der Waals surface area contributed by atoms with Gasteiger partial charge in [-0.2, -0.15) is 0 Å². The molecule has 0 spiro atoms. The molecular weight excluding hydrogens is 365 g/mol. The number of amides is 1. The maximum Gasteiger partial charge on any atom is 0.371 e. The molecule has 0 aliphatic heterocycles. The molecule has 0 unspecified atom stereocenters. The first-order valence-electron chi connectivity index (χ1n) is 7.21. The van der Waals surface area contributed by atoms with Crippen LogP contribution in [0.4, 0.5) is 0 Å². The third-order valence-corrected chi connectivity index (χ3v) is 4.09. The molecule has 0 saturated heterocycles. The van der Waals surface area contributed by atoms with E-state index in [1.165, 1.54) is 11.9 Å². The van der Waals surface area contributed by atoms with Gasteiger partial charge in [0.15, 0.2) is 0 Å². The monoisotopic (exact) mass is 379 g/mol. The third kappa shape index (κ3) is 4.75. The van der Waals surface area contributed by atoms with Gasteiger partial charge < -0.3 is 15.1 Å². The number of hydrogen-bond donors (Lipinski definition) is 2. The molecule has 0 radical (unpaired) electrons. The number of carbonyl (C=O) groups excluding carboxylic acids is 1. The zero-order valence-corrected chi connectivity index (χ0v) is 14.7. The number of carboxylic acids is 1. The van der Waals surface area contributed by atoms with Gasteiger partial charge in [-0.15, -0.1) is 0 Å². The van der Waals surface area contributed by atoms with Crippen LogP contribution in [0, 0.1) is 0 Å². The summed E-state index contributed by atoms with van der Waals surface area (Å²) in [6.07, 6.45) is 0.668. The van der Waals surface area contributed by atoms with Gasteiger partial charge in [-0.3, -0.25) is 4.79 Å². The fourth-order valence-electron chi connectivity index (χ4n) is 2.34. The van der Waals surface area contributed by atoms with Crippen molar-refractivity contribution in [3.05, 3.63) is 81.5 Å². The van der Waals surface area contributed by atoms with Crippen molar-refractivity contribution in [1.82, 2.24) is 4.90 Å². The number of aliphatic hydroxyl groups excluding tert-OH is 1. The third-order valence-electron chi connectivity index (χ3n) is 3.59. The lowest BCUT2D eigenvalue weighted by Crippen LogP contribution is -2.31. The van der Waals surface area contributed by atoms with Crippen molar-refractivity contribution in [2.75, 3.05) is 7.05 Å². The molecule has 0 heterocycles. The molecule has 2 rings (SSSR count). The van der Waals surface area contributed by atoms with Crippen LogP contribution >= 0.6 is 23.2 Å². The lowest BCUT2D eigenvalue weighted by Gasteiger charge is -2.28. The zero-order valence-electron chi connectivity index (χ0n) is 13.2. The molecule has 0 atom stereocenters. The topological polar surface area (TPSA) is 77.8 Å². The number of carboxylic acid groups (broad SMARTS) is 1. The van der Waals surface area contributed by atoms with Gasteiger partial charge in [0, 0.05) is 17.1 Å². The van der Waals surface area contributed by atoms with E-state index in [9.17, 15) is 14.7 Å². The van der Waals surface area contributed by atoms with Crippen molar-refractivity contribution in [2.45, 2.75) is 6.04 Å². The summed E-state index contributed by atoms with van der Waals surface area (Å²) in [7, 11) is 1.52. The summed E-state index contributed by atoms with van der Waals surface area (Å²) in [5.74, 6) is -3.26. The van der Waals surface area contributed by atoms with Gasteiger partial charge in [0.1, 0.15) is 0 Å². The first kappa shape index (κ1) is 18.8. The molecule has 1 amide bonds. The van der Waals surface area contributed by atoms with Crippen LogP contribution in [-0.2, 0) is 9.59 Å². The fourth-order valence-corrected chi connectivity index (χ4v) is 2.59. The van der Waals surface area contributed by atoms with E-state index in [1.807, 2.05) is 0 Å². The molecular formula is C18H15Cl2NO4. The van der Waals surface area contributed by atoms with Crippen LogP contribution < -0.4 is 0 Å². The number of likely N-dealkylation sites (N-methyl/N-ethyl adjacent to an activating group) is 1. The van der Waals surface area contributed by atoms with Crippen molar-refractivity contribution in [2.24, 2.45) is 0 Å². The maximum atomic E-state index is 12.4. The van der Waals surface area contributed by atoms with Crippen LogP contribution in [0.5, 0.6) is 0 Å². The number of carbonyl (C=O) groups is 2. The predicted octanol–water partition coefficient (Wildman–Crippen LogP) is 4.07. The number of benzene rings is 2. The zero-order chi connectivity index (χ0) is 18.6. The number of aliphatic carboxylic acids is 1. The number of rotatable bonds is 5. The minimum absolute atomic E-state index is 0.514. The van der Waals surface area contributed by atoms with Crippen LogP contribution in [0.1, 0.15) is 17.2 Å². The molecule has 5 nitrogen and oxygen atoms in total. The van der Waals surface area contributed by atoms with E-state index in [-0.39, 0.29) is 0 Å². The van der Waals surface area contributed by atoms with E-state index in [2.05, 4.69) is 0 Å². The summed E-state index contributed by atoms with van der Waals surface area (Å²) in [5.41, 5.74) is 1.54. The van der Waals surface area contributed by atoms with Crippen molar-refractivity contribution in [3.63, 3.8) is 0 Å². The molecule has 2 N–H and O–H groups in total. The molecule has 0 aliphatic carbocycles. The SMILES string of the molecule is CN(C(=O)C=C(O)C(=O)O)C(c1ccc(Cl)cc1)c1ccc(Cl)cc1. The minimum Gasteiger partial charge on any atom is -0.502 e. The van der Waals surface area contributed by atoms with Crippen molar-refractivity contribution < 1.29 is 19.8 Å². The second-order valence-electron chi connectivity index (χ2n) is 5.29. The Hall–Kier alpha value is -2.50. The Balaban J connectivity index is 2.45. The van der Waals surface area contributed by atoms with E-state index in [1.54, 1.807) is 48.5 Å². The van der Waals surface area contributed by atoms with Crippen LogP contribution in [0.25, 0.3) is 0 Å². The van der Waals surface area contributed by atoms with Gasteiger partial charge >= 0.3 is 5.97 Å². The summed E-state index contributed by atoms with van der Waals surface area (Å²) < 4.78 is 0. The van der Waals surface area contributed by atoms with E-state index in [0.717, 1.165) is 11.1 Å². The Morgan fingerprint density at radius 1 is 0.920 bits per heavy atom. The molecule has 2 aromatic rings. The first-order valence-corrected chi connectivity index (χ1v) is 7.97. The van der Waals surface area contributed by atoms with Crippen LogP contribution in [0.15, 0.2) is 60.4 Å². The minimum atomic E-state index is -1.57. The fraction of sp³-hybridized carbons (Fsp3) is 0.111. The van der Waals surface area contributed by atoms with Crippen molar-refractivity contribution >= 4 is 35.1 Å². The summed E-state index contributed by atoms with van der Waals surface area (Å²) in [5, 5.41) is 19.2. The highest BCUT2D eigenvalue weighted by Gasteiger charge is 2.23. The van der Waals surface area contributed by atoms with Gasteiger partial charge in [0.2, 0.25) is 5.76 Å². The standard InChI is InChI=1S/C18H15Cl2NO4/c1-21(16(23)10-15(22)18(24)25)17(11-2-6-13(19)7-3-11)12-4-8-14(20)9-5-12/h2-10,17,22H,1H3,(H,24,25). The quantitative estimate of drug-likeness (QED) is 0.606. The van der Waals surface area contributed by atoms with Crippen molar-refractivity contribution in [1.29, 1.82) is 0 Å². The van der Waals surface area contributed by atoms with Crippen LogP contribution in [0.3, 0.4) is 0 Å². The Morgan fingerprint density at radius 3 is 1.68 bits per heavy atom. The van der Waals surface area contributed by atoms with Gasteiger partial charge in [-0.1, -0.05) is 47.5 Å². The number of halogens is 2. The average molecular weight is 380 g/mol. The largest absolute Gasteiger partial charge is 0.502 e. The second kappa shape index (κ2) is 8.05. The summed E-state index contributed by atoms with van der Waals surface area (Å²) >= 11 is 11.8. The molecule has 130 valence electrons. The Kier molecular flexibility index (Phi) is 6.07. The highest BCUT2D eigenvalue weighted by Crippen LogP contribution is 2.29. The molecule has 0 aromatic heterocycles. The smallest absolute Gasteiger partial charge is 0.371 e. The molecule has 25 heavy (non-hydrogen) atoms.